The van der Waals surface area contributed by atoms with Gasteiger partial charge in [-0.2, -0.15) is 0 Å². The van der Waals surface area contributed by atoms with Crippen LogP contribution in [0.15, 0.2) is 11.6 Å². The first kappa shape index (κ1) is 8.98. The molecule has 0 radical (unpaired) electrons. The molecule has 0 saturated heterocycles. The molecule has 0 heterocycles. The SMILES string of the molecule is CC1=CCC[C@@]2(C)CCC(=O)C[C@H]12. The van der Waals surface area contributed by atoms with Crippen molar-refractivity contribution in [3.05, 3.63) is 11.6 Å². The fourth-order valence-corrected chi connectivity index (χ4v) is 2.96. The molecule has 2 atom stereocenters. The Morgan fingerprint density at radius 2 is 2.23 bits per heavy atom. The van der Waals surface area contributed by atoms with Gasteiger partial charge in [0.15, 0.2) is 0 Å². The van der Waals surface area contributed by atoms with Gasteiger partial charge in [-0.05, 0) is 37.5 Å². The monoisotopic (exact) mass is 178 g/mol. The molecule has 0 aromatic carbocycles. The third-order valence-electron chi connectivity index (χ3n) is 3.98. The second kappa shape index (κ2) is 2.97. The Labute approximate surface area is 80.2 Å². The van der Waals surface area contributed by atoms with Crippen molar-refractivity contribution >= 4 is 5.78 Å². The first-order chi connectivity index (χ1) is 6.12. The average molecular weight is 178 g/mol. The van der Waals surface area contributed by atoms with Gasteiger partial charge in [0.25, 0.3) is 0 Å². The van der Waals surface area contributed by atoms with Crippen molar-refractivity contribution in [1.29, 1.82) is 0 Å². The molecule has 0 unspecified atom stereocenters. The van der Waals surface area contributed by atoms with Gasteiger partial charge in [0.1, 0.15) is 5.78 Å². The molecule has 2 aliphatic rings. The lowest BCUT2D eigenvalue weighted by molar-refractivity contribution is -0.124. The summed E-state index contributed by atoms with van der Waals surface area (Å²) in [7, 11) is 0. The fourth-order valence-electron chi connectivity index (χ4n) is 2.96. The highest BCUT2D eigenvalue weighted by Crippen LogP contribution is 2.49. The van der Waals surface area contributed by atoms with Crippen molar-refractivity contribution in [3.63, 3.8) is 0 Å². The fraction of sp³-hybridized carbons (Fsp3) is 0.750. The molecule has 1 saturated carbocycles. The Morgan fingerprint density at radius 1 is 1.46 bits per heavy atom. The van der Waals surface area contributed by atoms with Crippen molar-refractivity contribution in [3.8, 4) is 0 Å². The van der Waals surface area contributed by atoms with Crippen molar-refractivity contribution in [2.75, 3.05) is 0 Å². The van der Waals surface area contributed by atoms with Gasteiger partial charge in [0, 0.05) is 12.8 Å². The maximum absolute atomic E-state index is 11.4. The van der Waals surface area contributed by atoms with Crippen LogP contribution in [0.1, 0.15) is 46.0 Å². The number of fused-ring (bicyclic) bond motifs is 1. The number of ketones is 1. The van der Waals surface area contributed by atoms with Crippen molar-refractivity contribution in [2.24, 2.45) is 11.3 Å². The van der Waals surface area contributed by atoms with E-state index in [9.17, 15) is 4.79 Å². The zero-order valence-electron chi connectivity index (χ0n) is 8.60. The van der Waals surface area contributed by atoms with E-state index in [-0.39, 0.29) is 0 Å². The summed E-state index contributed by atoms with van der Waals surface area (Å²) in [4.78, 5) is 11.4. The summed E-state index contributed by atoms with van der Waals surface area (Å²) in [5.41, 5.74) is 1.90. The van der Waals surface area contributed by atoms with Crippen LogP contribution in [0.4, 0.5) is 0 Å². The molecule has 0 N–H and O–H groups in total. The second-order valence-corrected chi connectivity index (χ2v) is 4.94. The molecule has 72 valence electrons. The first-order valence-electron chi connectivity index (χ1n) is 5.30. The number of allylic oxidation sites excluding steroid dienone is 2. The highest BCUT2D eigenvalue weighted by molar-refractivity contribution is 5.80. The zero-order chi connectivity index (χ0) is 9.47. The van der Waals surface area contributed by atoms with Gasteiger partial charge in [-0.15, -0.1) is 0 Å². The van der Waals surface area contributed by atoms with Gasteiger partial charge in [-0.25, -0.2) is 0 Å². The smallest absolute Gasteiger partial charge is 0.133 e. The number of hydrogen-bond donors (Lipinski definition) is 0. The van der Waals surface area contributed by atoms with Crippen LogP contribution in [0.25, 0.3) is 0 Å². The molecule has 0 aromatic rings. The summed E-state index contributed by atoms with van der Waals surface area (Å²) in [5, 5.41) is 0. The summed E-state index contributed by atoms with van der Waals surface area (Å²) >= 11 is 0. The lowest BCUT2D eigenvalue weighted by Crippen LogP contribution is -2.37. The Morgan fingerprint density at radius 3 is 3.00 bits per heavy atom. The van der Waals surface area contributed by atoms with Gasteiger partial charge in [-0.3, -0.25) is 4.79 Å². The highest BCUT2D eigenvalue weighted by Gasteiger charge is 2.41. The van der Waals surface area contributed by atoms with E-state index in [4.69, 9.17) is 0 Å². The first-order valence-corrected chi connectivity index (χ1v) is 5.30. The number of Topliss-reactive ketones (excluding diaryl/α,β-unsaturated/α-hetero) is 1. The maximum atomic E-state index is 11.4. The van der Waals surface area contributed by atoms with Gasteiger partial charge in [0.2, 0.25) is 0 Å². The summed E-state index contributed by atoms with van der Waals surface area (Å²) in [6.45, 7) is 4.56. The molecular formula is C12H18O. The molecule has 13 heavy (non-hydrogen) atoms. The van der Waals surface area contributed by atoms with Crippen molar-refractivity contribution in [1.82, 2.24) is 0 Å². The van der Waals surface area contributed by atoms with Gasteiger partial charge in [-0.1, -0.05) is 18.6 Å². The zero-order valence-corrected chi connectivity index (χ0v) is 8.60. The van der Waals surface area contributed by atoms with Gasteiger partial charge >= 0.3 is 0 Å². The van der Waals surface area contributed by atoms with E-state index in [2.05, 4.69) is 19.9 Å². The Balaban J connectivity index is 2.27. The van der Waals surface area contributed by atoms with E-state index in [0.717, 1.165) is 19.3 Å². The van der Waals surface area contributed by atoms with E-state index in [1.54, 1.807) is 0 Å². The molecule has 1 heteroatoms. The second-order valence-electron chi connectivity index (χ2n) is 4.94. The Hall–Kier alpha value is -0.590. The van der Waals surface area contributed by atoms with Crippen LogP contribution in [-0.4, -0.2) is 5.78 Å². The average Bonchev–Trinajstić information content (AvgIpc) is 2.08. The normalized spacial score (nSPS) is 39.7. The summed E-state index contributed by atoms with van der Waals surface area (Å²) in [5.74, 6) is 1.03. The number of carbonyl (C=O) groups excluding carboxylic acids is 1. The predicted octanol–water partition coefficient (Wildman–Crippen LogP) is 3.10. The third-order valence-corrected chi connectivity index (χ3v) is 3.98. The van der Waals surface area contributed by atoms with Crippen LogP contribution in [-0.2, 0) is 4.79 Å². The van der Waals surface area contributed by atoms with Crippen LogP contribution in [0.5, 0.6) is 0 Å². The molecule has 0 bridgehead atoms. The van der Waals surface area contributed by atoms with Crippen LogP contribution in [0.2, 0.25) is 0 Å². The van der Waals surface area contributed by atoms with Crippen LogP contribution < -0.4 is 0 Å². The van der Waals surface area contributed by atoms with Crippen LogP contribution in [0, 0.1) is 11.3 Å². The molecular weight excluding hydrogens is 160 g/mol. The number of hydrogen-bond acceptors (Lipinski definition) is 1. The van der Waals surface area contributed by atoms with Crippen LogP contribution >= 0.6 is 0 Å². The molecule has 1 fully saturated rings. The van der Waals surface area contributed by atoms with Gasteiger partial charge in [0.05, 0.1) is 0 Å². The van der Waals surface area contributed by atoms with Crippen LogP contribution in [0.3, 0.4) is 0 Å². The predicted molar refractivity (Wildman–Crippen MR) is 53.4 cm³/mol. The summed E-state index contributed by atoms with van der Waals surface area (Å²) in [6.07, 6.45) is 7.56. The summed E-state index contributed by atoms with van der Waals surface area (Å²) < 4.78 is 0. The lowest BCUT2D eigenvalue weighted by Gasteiger charge is -2.44. The standard InChI is InChI=1S/C12H18O/c1-9-4-3-6-12(2)7-5-10(13)8-11(9)12/h4,11H,3,5-8H2,1-2H3/t11-,12+/m1/s1. The molecule has 2 rings (SSSR count). The topological polar surface area (TPSA) is 17.1 Å². The molecule has 2 aliphatic carbocycles. The highest BCUT2D eigenvalue weighted by atomic mass is 16.1. The van der Waals surface area contributed by atoms with E-state index >= 15 is 0 Å². The number of rotatable bonds is 0. The van der Waals surface area contributed by atoms with E-state index in [1.807, 2.05) is 0 Å². The van der Waals surface area contributed by atoms with Crippen molar-refractivity contribution < 1.29 is 4.79 Å². The molecule has 0 aromatic heterocycles. The molecule has 0 spiro atoms. The third kappa shape index (κ3) is 1.45. The molecule has 1 nitrogen and oxygen atoms in total. The van der Waals surface area contributed by atoms with E-state index in [1.165, 1.54) is 18.4 Å². The minimum absolute atomic E-state index is 0.437. The van der Waals surface area contributed by atoms with E-state index in [0.29, 0.717) is 17.1 Å². The molecule has 0 amide bonds. The summed E-state index contributed by atoms with van der Waals surface area (Å²) in [6, 6.07) is 0. The minimum Gasteiger partial charge on any atom is -0.300 e. The molecule has 0 aliphatic heterocycles. The quantitative estimate of drug-likeness (QED) is 0.521. The Kier molecular flexibility index (Phi) is 2.05. The number of carbonyl (C=O) groups is 1. The Bertz CT molecular complexity index is 264. The van der Waals surface area contributed by atoms with E-state index < -0.39 is 0 Å². The largest absolute Gasteiger partial charge is 0.300 e. The minimum atomic E-state index is 0.437. The maximum Gasteiger partial charge on any atom is 0.133 e. The van der Waals surface area contributed by atoms with Gasteiger partial charge < -0.3 is 0 Å². The van der Waals surface area contributed by atoms with Crippen molar-refractivity contribution in [2.45, 2.75) is 46.0 Å². The lowest BCUT2D eigenvalue weighted by atomic mass is 9.60.